The van der Waals surface area contributed by atoms with Gasteiger partial charge >= 0.3 is 0 Å². The van der Waals surface area contributed by atoms with Crippen LogP contribution in [-0.4, -0.2) is 14.5 Å². The number of anilines is 3. The van der Waals surface area contributed by atoms with Gasteiger partial charge in [0.2, 0.25) is 0 Å². The largest absolute Gasteiger partial charge is 0.311 e. The number of hydrogen-bond acceptors (Lipinski definition) is 3. The van der Waals surface area contributed by atoms with E-state index in [1.807, 2.05) is 0 Å². The van der Waals surface area contributed by atoms with Crippen molar-refractivity contribution in [3.63, 3.8) is 0 Å². The molecular formula is C138H94N4. The molecule has 0 unspecified atom stereocenters. The zero-order chi connectivity index (χ0) is 94.4. The average Bonchev–Trinajstić information content (AvgIpc) is 1.59. The van der Waals surface area contributed by atoms with Crippen LogP contribution in [0.25, 0.3) is 228 Å². The Morgan fingerprint density at radius 3 is 0.690 bits per heavy atom. The molecule has 0 saturated heterocycles. The molecule has 142 heavy (non-hydrogen) atoms. The standard InChI is InChI=1S/C70H48N2.C68H46N2/c1-4-15-49(16-5-1)58-21-10-24-61(43-58)52-31-37-55(38-32-52)68-48-69(56-39-33-53(34-40-56)62-25-13-29-66(46-62)64-27-11-22-59(44-64)50-17-6-2-7-18-50)72-70(71-68)57-41-35-54(36-42-57)63-26-14-30-67(47-63)65-28-12-23-60(45-65)51-19-8-3-9-20-51;1-3-24-61-50(14-1)16-12-28-63(61)55-21-9-18-52(44-55)47-32-38-57(39-33-47)69(58-40-34-48(35-41-58)53-19-10-22-56(45-53)64-29-13-17-51-15-2-4-25-62(51)64)59-42-36-49(37-43-59)54-20-11-23-60(46-54)70-67-30-7-5-26-65(67)66-27-6-8-31-68(66)70/h1-48H;1-46H. The van der Waals surface area contributed by atoms with Gasteiger partial charge in [0, 0.05) is 50.2 Å². The van der Waals surface area contributed by atoms with E-state index in [-0.39, 0.29) is 0 Å². The highest BCUT2D eigenvalue weighted by molar-refractivity contribution is 6.09. The smallest absolute Gasteiger partial charge is 0.160 e. The molecular weight excluding hydrogens is 1710 g/mol. The lowest BCUT2D eigenvalue weighted by molar-refractivity contribution is 1.18. The van der Waals surface area contributed by atoms with E-state index in [0.717, 1.165) is 84.2 Å². The minimum atomic E-state index is 0.676. The Morgan fingerprint density at radius 1 is 0.141 bits per heavy atom. The minimum Gasteiger partial charge on any atom is -0.311 e. The predicted molar refractivity (Wildman–Crippen MR) is 599 cm³/mol. The van der Waals surface area contributed by atoms with Gasteiger partial charge in [0.25, 0.3) is 0 Å². The average molecular weight is 1810 g/mol. The molecule has 23 aromatic carbocycles. The molecule has 4 heteroatoms. The van der Waals surface area contributed by atoms with Gasteiger partial charge in [0.1, 0.15) is 0 Å². The van der Waals surface area contributed by atoms with Crippen molar-refractivity contribution in [2.45, 2.75) is 0 Å². The number of fused-ring (bicyclic) bond motifs is 5. The summed E-state index contributed by atoms with van der Waals surface area (Å²) in [5, 5.41) is 7.55. The maximum absolute atomic E-state index is 5.27. The van der Waals surface area contributed by atoms with Crippen LogP contribution >= 0.6 is 0 Å². The molecule has 0 aliphatic carbocycles. The monoisotopic (exact) mass is 1810 g/mol. The van der Waals surface area contributed by atoms with Crippen LogP contribution in [0.3, 0.4) is 0 Å². The summed E-state index contributed by atoms with van der Waals surface area (Å²) in [6.45, 7) is 0. The summed E-state index contributed by atoms with van der Waals surface area (Å²) < 4.78 is 2.39. The van der Waals surface area contributed by atoms with Crippen LogP contribution < -0.4 is 4.90 Å². The van der Waals surface area contributed by atoms with Crippen LogP contribution in [0.4, 0.5) is 17.1 Å². The predicted octanol–water partition coefficient (Wildman–Crippen LogP) is 37.7. The fraction of sp³-hybridized carbons (Fsp3) is 0. The van der Waals surface area contributed by atoms with Crippen LogP contribution in [0.15, 0.2) is 570 Å². The van der Waals surface area contributed by atoms with E-state index < -0.39 is 0 Å². The Bertz CT molecular complexity index is 8480. The van der Waals surface area contributed by atoms with Crippen molar-refractivity contribution < 1.29 is 0 Å². The Morgan fingerprint density at radius 2 is 0.359 bits per heavy atom. The highest BCUT2D eigenvalue weighted by atomic mass is 15.1. The lowest BCUT2D eigenvalue weighted by Crippen LogP contribution is -2.09. The van der Waals surface area contributed by atoms with Crippen molar-refractivity contribution in [1.29, 1.82) is 0 Å². The van der Waals surface area contributed by atoms with Crippen molar-refractivity contribution in [2.75, 3.05) is 4.90 Å². The van der Waals surface area contributed by atoms with E-state index in [4.69, 9.17) is 9.97 Å². The second-order valence-corrected chi connectivity index (χ2v) is 36.3. The topological polar surface area (TPSA) is 34.0 Å². The van der Waals surface area contributed by atoms with Crippen LogP contribution in [0, 0.1) is 0 Å². The summed E-state index contributed by atoms with van der Waals surface area (Å²) in [5.74, 6) is 0.676. The van der Waals surface area contributed by atoms with E-state index in [0.29, 0.717) is 5.82 Å². The van der Waals surface area contributed by atoms with E-state index >= 15 is 0 Å². The molecule has 0 radical (unpaired) electrons. The van der Waals surface area contributed by atoms with Crippen molar-refractivity contribution in [2.24, 2.45) is 0 Å². The summed E-state index contributed by atoms with van der Waals surface area (Å²) >= 11 is 0. The molecule has 0 aliphatic rings. The normalized spacial score (nSPS) is 11.2. The summed E-state index contributed by atoms with van der Waals surface area (Å²) in [6.07, 6.45) is 0. The van der Waals surface area contributed by atoms with Gasteiger partial charge < -0.3 is 9.47 Å². The number of hydrogen-bond donors (Lipinski definition) is 0. The molecule has 0 saturated carbocycles. The van der Waals surface area contributed by atoms with Crippen LogP contribution in [0.5, 0.6) is 0 Å². The number of aromatic nitrogens is 3. The molecule has 2 heterocycles. The van der Waals surface area contributed by atoms with Gasteiger partial charge in [0.05, 0.1) is 22.4 Å². The van der Waals surface area contributed by atoms with Crippen LogP contribution in [-0.2, 0) is 0 Å². The van der Waals surface area contributed by atoms with Gasteiger partial charge in [-0.25, -0.2) is 9.97 Å². The number of benzene rings is 23. The quantitative estimate of drug-likeness (QED) is 0.0763. The second kappa shape index (κ2) is 38.8. The van der Waals surface area contributed by atoms with Gasteiger partial charge in [-0.15, -0.1) is 0 Å². The molecule has 0 bridgehead atoms. The molecule has 0 N–H and O–H groups in total. The molecule has 666 valence electrons. The molecule has 0 aliphatic heterocycles. The lowest BCUT2D eigenvalue weighted by atomic mass is 9.95. The second-order valence-electron chi connectivity index (χ2n) is 36.3. The molecule has 0 atom stereocenters. The van der Waals surface area contributed by atoms with Gasteiger partial charge in [0.15, 0.2) is 5.82 Å². The third-order valence-electron chi connectivity index (χ3n) is 27.5. The number of para-hydroxylation sites is 2. The van der Waals surface area contributed by atoms with E-state index in [1.54, 1.807) is 0 Å². The number of rotatable bonds is 20. The van der Waals surface area contributed by atoms with Gasteiger partial charge in [-0.1, -0.05) is 461 Å². The molecule has 0 spiro atoms. The minimum absolute atomic E-state index is 0.676. The van der Waals surface area contributed by atoms with E-state index in [2.05, 4.69) is 580 Å². The third kappa shape index (κ3) is 17.9. The van der Waals surface area contributed by atoms with E-state index in [9.17, 15) is 0 Å². The highest BCUT2D eigenvalue weighted by Gasteiger charge is 2.21. The molecule has 2 aromatic heterocycles. The summed E-state index contributed by atoms with van der Waals surface area (Å²) in [7, 11) is 0. The van der Waals surface area contributed by atoms with Crippen molar-refractivity contribution >= 4 is 60.4 Å². The zero-order valence-corrected chi connectivity index (χ0v) is 78.1. The van der Waals surface area contributed by atoms with Crippen molar-refractivity contribution in [1.82, 2.24) is 14.5 Å². The first-order chi connectivity index (χ1) is 70.3. The van der Waals surface area contributed by atoms with Crippen molar-refractivity contribution in [3.8, 4) is 184 Å². The third-order valence-corrected chi connectivity index (χ3v) is 27.5. The van der Waals surface area contributed by atoms with Crippen LogP contribution in [0.2, 0.25) is 0 Å². The molecule has 25 rings (SSSR count). The first-order valence-electron chi connectivity index (χ1n) is 48.6. The Balaban J connectivity index is 0.000000153. The fourth-order valence-electron chi connectivity index (χ4n) is 20.2. The first kappa shape index (κ1) is 86.1. The zero-order valence-electron chi connectivity index (χ0n) is 78.1. The maximum Gasteiger partial charge on any atom is 0.160 e. The van der Waals surface area contributed by atoms with Gasteiger partial charge in [-0.2, -0.15) is 0 Å². The summed E-state index contributed by atoms with van der Waals surface area (Å²) in [6, 6.07) is 205. The Labute approximate surface area is 828 Å². The summed E-state index contributed by atoms with van der Waals surface area (Å²) in [4.78, 5) is 12.9. The van der Waals surface area contributed by atoms with Gasteiger partial charge in [-0.05, 0) is 275 Å². The highest BCUT2D eigenvalue weighted by Crippen LogP contribution is 2.44. The number of nitrogens with zero attached hydrogens (tertiary/aromatic N) is 4. The molecule has 25 aromatic rings. The fourth-order valence-corrected chi connectivity index (χ4v) is 20.2. The molecule has 4 nitrogen and oxygen atoms in total. The van der Waals surface area contributed by atoms with Gasteiger partial charge in [-0.3, -0.25) is 0 Å². The van der Waals surface area contributed by atoms with Crippen molar-refractivity contribution in [3.05, 3.63) is 570 Å². The lowest BCUT2D eigenvalue weighted by Gasteiger charge is -2.26. The van der Waals surface area contributed by atoms with E-state index in [1.165, 1.54) is 155 Å². The summed E-state index contributed by atoms with van der Waals surface area (Å²) in [5.41, 5.74) is 42.4. The van der Waals surface area contributed by atoms with Crippen LogP contribution in [0.1, 0.15) is 0 Å². The SMILES string of the molecule is c1cc(-c2ccc(N(c3ccc(-c4cccc(-c5cccc6ccccc56)c4)cc3)c3ccc(-c4cccc(-n5c6ccccc6c6ccccc65)c4)cc3)cc2)cc(-c2cccc3ccccc23)c1.c1ccc(-c2cccc(-c3ccc(-c4cc(-c5ccc(-c6cccc(-c7cccc(-c8ccccc8)c7)c6)cc5)nc(-c5ccc(-c6cccc(-c7cccc(-c8ccccc8)c7)c6)cc5)n4)cc3)c2)cc1. The molecule has 0 fully saturated rings. The maximum atomic E-state index is 5.27. The Kier molecular flexibility index (Phi) is 23.5. The Hall–Kier alpha value is -18.7. The molecule has 0 amide bonds. The first-order valence-corrected chi connectivity index (χ1v) is 48.6.